The maximum atomic E-state index is 11.0. The van der Waals surface area contributed by atoms with Gasteiger partial charge >= 0.3 is 0 Å². The number of aliphatic hydroxyl groups excluding tert-OH is 1. The van der Waals surface area contributed by atoms with Crippen LogP contribution in [-0.2, 0) is 4.79 Å². The second-order valence-corrected chi connectivity index (χ2v) is 3.34. The number of aliphatic hydroxyl groups is 1. The van der Waals surface area contributed by atoms with Gasteiger partial charge in [0.05, 0.1) is 6.61 Å². The van der Waals surface area contributed by atoms with Crippen LogP contribution in [0.15, 0.2) is 23.6 Å². The minimum absolute atomic E-state index is 0.0292. The molecule has 0 saturated carbocycles. The van der Waals surface area contributed by atoms with E-state index in [0.29, 0.717) is 6.54 Å². The third kappa shape index (κ3) is 3.87. The van der Waals surface area contributed by atoms with E-state index in [1.807, 2.05) is 17.5 Å². The lowest BCUT2D eigenvalue weighted by Gasteiger charge is -1.95. The highest BCUT2D eigenvalue weighted by Gasteiger charge is 1.92. The van der Waals surface area contributed by atoms with Crippen LogP contribution in [0.25, 0.3) is 6.08 Å². The topological polar surface area (TPSA) is 49.3 Å². The van der Waals surface area contributed by atoms with Gasteiger partial charge in [0.2, 0.25) is 5.91 Å². The number of carbonyl (C=O) groups excluding carboxylic acids is 1. The highest BCUT2D eigenvalue weighted by molar-refractivity contribution is 7.10. The monoisotopic (exact) mass is 197 g/mol. The Labute approximate surface area is 80.7 Å². The summed E-state index contributed by atoms with van der Waals surface area (Å²) >= 11 is 1.57. The molecule has 4 heteroatoms. The molecule has 0 fully saturated rings. The Balaban J connectivity index is 2.35. The third-order valence-electron chi connectivity index (χ3n) is 1.35. The van der Waals surface area contributed by atoms with Crippen molar-refractivity contribution < 1.29 is 9.90 Å². The molecule has 13 heavy (non-hydrogen) atoms. The molecule has 0 aromatic carbocycles. The average molecular weight is 197 g/mol. The van der Waals surface area contributed by atoms with E-state index in [9.17, 15) is 4.79 Å². The van der Waals surface area contributed by atoms with Crippen molar-refractivity contribution in [2.75, 3.05) is 13.2 Å². The lowest BCUT2D eigenvalue weighted by Crippen LogP contribution is -2.24. The highest BCUT2D eigenvalue weighted by Crippen LogP contribution is 2.09. The van der Waals surface area contributed by atoms with Crippen LogP contribution < -0.4 is 5.32 Å². The maximum absolute atomic E-state index is 11.0. The molecule has 1 rings (SSSR count). The first kappa shape index (κ1) is 9.95. The minimum Gasteiger partial charge on any atom is -0.395 e. The van der Waals surface area contributed by atoms with Gasteiger partial charge in [0, 0.05) is 17.5 Å². The van der Waals surface area contributed by atoms with Crippen LogP contribution in [0.2, 0.25) is 0 Å². The summed E-state index contributed by atoms with van der Waals surface area (Å²) in [5, 5.41) is 12.9. The van der Waals surface area contributed by atoms with Gasteiger partial charge in [-0.25, -0.2) is 0 Å². The Hall–Kier alpha value is -1.13. The normalized spacial score (nSPS) is 10.5. The highest BCUT2D eigenvalue weighted by atomic mass is 32.1. The minimum atomic E-state index is -0.178. The lowest BCUT2D eigenvalue weighted by molar-refractivity contribution is -0.116. The molecule has 1 aromatic heterocycles. The van der Waals surface area contributed by atoms with Gasteiger partial charge in [-0.1, -0.05) is 6.07 Å². The smallest absolute Gasteiger partial charge is 0.244 e. The van der Waals surface area contributed by atoms with E-state index in [0.717, 1.165) is 4.88 Å². The summed E-state index contributed by atoms with van der Waals surface area (Å²) in [7, 11) is 0. The second kappa shape index (κ2) is 5.50. The van der Waals surface area contributed by atoms with Crippen LogP contribution in [-0.4, -0.2) is 24.2 Å². The molecule has 1 heterocycles. The first-order valence-corrected chi connectivity index (χ1v) is 4.81. The molecule has 0 aliphatic rings. The molecule has 1 aromatic rings. The predicted octanol–water partition coefficient (Wildman–Crippen LogP) is 0.870. The van der Waals surface area contributed by atoms with E-state index in [1.54, 1.807) is 17.4 Å². The molecule has 0 bridgehead atoms. The van der Waals surface area contributed by atoms with Gasteiger partial charge < -0.3 is 10.4 Å². The maximum Gasteiger partial charge on any atom is 0.244 e. The fraction of sp³-hybridized carbons (Fsp3) is 0.222. The quantitative estimate of drug-likeness (QED) is 0.704. The van der Waals surface area contributed by atoms with Crippen molar-refractivity contribution in [2.24, 2.45) is 0 Å². The van der Waals surface area contributed by atoms with Gasteiger partial charge in [0.25, 0.3) is 0 Å². The summed E-state index contributed by atoms with van der Waals surface area (Å²) in [6, 6.07) is 3.86. The summed E-state index contributed by atoms with van der Waals surface area (Å²) in [6.45, 7) is 0.270. The van der Waals surface area contributed by atoms with Crippen molar-refractivity contribution in [3.63, 3.8) is 0 Å². The molecule has 0 aliphatic heterocycles. The standard InChI is InChI=1S/C9H11NO2S/c11-6-5-10-9(12)4-3-8-2-1-7-13-8/h1-4,7,11H,5-6H2,(H,10,12)/b4-3+. The van der Waals surface area contributed by atoms with Crippen LogP contribution in [0.1, 0.15) is 4.88 Å². The number of rotatable bonds is 4. The van der Waals surface area contributed by atoms with Gasteiger partial charge in [-0.15, -0.1) is 11.3 Å². The number of amides is 1. The predicted molar refractivity (Wildman–Crippen MR) is 53.4 cm³/mol. The Morgan fingerprint density at radius 2 is 2.54 bits per heavy atom. The summed E-state index contributed by atoms with van der Waals surface area (Å²) in [5.41, 5.74) is 0. The van der Waals surface area contributed by atoms with Crippen LogP contribution in [0.4, 0.5) is 0 Å². The molecular weight excluding hydrogens is 186 g/mol. The Morgan fingerprint density at radius 1 is 1.69 bits per heavy atom. The fourth-order valence-electron chi connectivity index (χ4n) is 0.782. The second-order valence-electron chi connectivity index (χ2n) is 2.36. The molecule has 2 N–H and O–H groups in total. The van der Waals surface area contributed by atoms with E-state index < -0.39 is 0 Å². The molecule has 0 saturated heterocycles. The molecular formula is C9H11NO2S. The van der Waals surface area contributed by atoms with Crippen molar-refractivity contribution in [1.82, 2.24) is 5.32 Å². The summed E-state index contributed by atoms with van der Waals surface area (Å²) < 4.78 is 0. The van der Waals surface area contributed by atoms with Gasteiger partial charge in [0.15, 0.2) is 0 Å². The van der Waals surface area contributed by atoms with E-state index in [4.69, 9.17) is 5.11 Å². The summed E-state index contributed by atoms with van der Waals surface area (Å²) in [4.78, 5) is 12.0. The van der Waals surface area contributed by atoms with Gasteiger partial charge in [-0.3, -0.25) is 4.79 Å². The number of hydrogen-bond donors (Lipinski definition) is 2. The summed E-state index contributed by atoms with van der Waals surface area (Å²) in [5.74, 6) is -0.178. The van der Waals surface area contributed by atoms with Crippen molar-refractivity contribution >= 4 is 23.3 Å². The Kier molecular flexibility index (Phi) is 4.21. The average Bonchev–Trinajstić information content (AvgIpc) is 2.64. The zero-order valence-electron chi connectivity index (χ0n) is 7.06. The molecule has 0 spiro atoms. The number of carbonyl (C=O) groups is 1. The third-order valence-corrected chi connectivity index (χ3v) is 2.19. The largest absolute Gasteiger partial charge is 0.395 e. The fourth-order valence-corrected chi connectivity index (χ4v) is 1.40. The molecule has 1 amide bonds. The van der Waals surface area contributed by atoms with Crippen molar-refractivity contribution in [1.29, 1.82) is 0 Å². The molecule has 0 unspecified atom stereocenters. The van der Waals surface area contributed by atoms with E-state index in [-0.39, 0.29) is 12.5 Å². The first-order chi connectivity index (χ1) is 6.33. The molecule has 0 radical (unpaired) electrons. The zero-order chi connectivity index (χ0) is 9.52. The van der Waals surface area contributed by atoms with Crippen LogP contribution in [0.3, 0.4) is 0 Å². The first-order valence-electron chi connectivity index (χ1n) is 3.93. The van der Waals surface area contributed by atoms with Gasteiger partial charge in [0.1, 0.15) is 0 Å². The van der Waals surface area contributed by atoms with Crippen molar-refractivity contribution in [2.45, 2.75) is 0 Å². The Morgan fingerprint density at radius 3 is 3.15 bits per heavy atom. The van der Waals surface area contributed by atoms with Gasteiger partial charge in [-0.2, -0.15) is 0 Å². The molecule has 3 nitrogen and oxygen atoms in total. The Bertz CT molecular complexity index is 280. The summed E-state index contributed by atoms with van der Waals surface area (Å²) in [6.07, 6.45) is 3.21. The van der Waals surface area contributed by atoms with Crippen LogP contribution >= 0.6 is 11.3 Å². The molecule has 0 atom stereocenters. The van der Waals surface area contributed by atoms with Gasteiger partial charge in [-0.05, 0) is 17.5 Å². The van der Waals surface area contributed by atoms with Crippen molar-refractivity contribution in [3.05, 3.63) is 28.5 Å². The van der Waals surface area contributed by atoms with E-state index in [2.05, 4.69) is 5.32 Å². The number of hydrogen-bond acceptors (Lipinski definition) is 3. The molecule has 0 aliphatic carbocycles. The lowest BCUT2D eigenvalue weighted by atomic mass is 10.4. The number of thiophene rings is 1. The van der Waals surface area contributed by atoms with E-state index in [1.165, 1.54) is 6.08 Å². The van der Waals surface area contributed by atoms with Crippen LogP contribution in [0.5, 0.6) is 0 Å². The molecule has 70 valence electrons. The number of nitrogens with one attached hydrogen (secondary N) is 1. The van der Waals surface area contributed by atoms with Crippen LogP contribution in [0, 0.1) is 0 Å². The SMILES string of the molecule is O=C(/C=C/c1cccs1)NCCO. The van der Waals surface area contributed by atoms with E-state index >= 15 is 0 Å². The zero-order valence-corrected chi connectivity index (χ0v) is 7.88. The van der Waals surface area contributed by atoms with Crippen molar-refractivity contribution in [3.8, 4) is 0 Å².